The maximum absolute atomic E-state index is 12.0. The highest BCUT2D eigenvalue weighted by molar-refractivity contribution is 9.10. The minimum absolute atomic E-state index is 0.0258. The predicted molar refractivity (Wildman–Crippen MR) is 163 cm³/mol. The van der Waals surface area contributed by atoms with Gasteiger partial charge in [-0.3, -0.25) is 24.5 Å². The zero-order chi connectivity index (χ0) is 29.9. The Morgan fingerprint density at radius 1 is 0.810 bits per heavy atom. The third kappa shape index (κ3) is 6.90. The summed E-state index contributed by atoms with van der Waals surface area (Å²) in [6.07, 6.45) is 3.98. The van der Waals surface area contributed by atoms with Gasteiger partial charge in [0.2, 0.25) is 5.91 Å². The predicted octanol–water partition coefficient (Wildman–Crippen LogP) is 3.03. The van der Waals surface area contributed by atoms with Gasteiger partial charge in [0.15, 0.2) is 5.66 Å². The molecule has 0 aromatic heterocycles. The van der Waals surface area contributed by atoms with Crippen molar-refractivity contribution in [2.24, 2.45) is 4.99 Å². The Kier molecular flexibility index (Phi) is 9.40. The van der Waals surface area contributed by atoms with Crippen LogP contribution in [0.25, 0.3) is 0 Å². The van der Waals surface area contributed by atoms with Gasteiger partial charge in [0.05, 0.1) is 42.6 Å². The van der Waals surface area contributed by atoms with Crippen LogP contribution in [0.3, 0.4) is 0 Å². The highest BCUT2D eigenvalue weighted by Crippen LogP contribution is 2.29. The average Bonchev–Trinajstić information content (AvgIpc) is 3.81. The SMILES string of the molecule is O=C1C=CC(=O)N1Br.O=C1NC2(CCOC2)N=C1c1ccc(Br)cc1.O=C1NC2(CCOC2)NC1c1ccc(Br)cc1. The Hall–Kier alpha value is -2.75. The van der Waals surface area contributed by atoms with Crippen LogP contribution in [0.5, 0.6) is 0 Å². The van der Waals surface area contributed by atoms with E-state index in [0.29, 0.717) is 32.1 Å². The molecule has 0 bridgehead atoms. The van der Waals surface area contributed by atoms with Crippen molar-refractivity contribution < 1.29 is 28.7 Å². The highest BCUT2D eigenvalue weighted by Gasteiger charge is 2.46. The Labute approximate surface area is 267 Å². The molecule has 2 aromatic carbocycles. The van der Waals surface area contributed by atoms with E-state index < -0.39 is 5.66 Å². The van der Waals surface area contributed by atoms with Gasteiger partial charge in [0.25, 0.3) is 17.7 Å². The quantitative estimate of drug-likeness (QED) is 0.316. The van der Waals surface area contributed by atoms with Gasteiger partial charge in [0, 0.05) is 39.5 Å². The highest BCUT2D eigenvalue weighted by atomic mass is 79.9. The van der Waals surface area contributed by atoms with Crippen LogP contribution >= 0.6 is 48.0 Å². The van der Waals surface area contributed by atoms with Gasteiger partial charge in [-0.2, -0.15) is 0 Å². The summed E-state index contributed by atoms with van der Waals surface area (Å²) in [5.41, 5.74) is 1.46. The number of imide groups is 1. The third-order valence-electron chi connectivity index (χ3n) is 7.03. The number of amides is 4. The molecule has 220 valence electrons. The van der Waals surface area contributed by atoms with E-state index in [1.54, 1.807) is 0 Å². The number of halogens is 3. The summed E-state index contributed by atoms with van der Waals surface area (Å²) in [6.45, 7) is 2.36. The largest absolute Gasteiger partial charge is 0.377 e. The van der Waals surface area contributed by atoms with Crippen molar-refractivity contribution in [3.05, 3.63) is 80.8 Å². The Morgan fingerprint density at radius 2 is 1.40 bits per heavy atom. The lowest BCUT2D eigenvalue weighted by atomic mass is 10.1. The van der Waals surface area contributed by atoms with Crippen LogP contribution in [-0.4, -0.2) is 71.0 Å². The second-order valence-electron chi connectivity index (χ2n) is 10.0. The average molecular weight is 768 g/mol. The lowest BCUT2D eigenvalue weighted by Crippen LogP contribution is -2.50. The smallest absolute Gasteiger partial charge is 0.272 e. The molecule has 3 saturated heterocycles. The molecule has 0 radical (unpaired) electrons. The lowest BCUT2D eigenvalue weighted by Gasteiger charge is -2.21. The summed E-state index contributed by atoms with van der Waals surface area (Å²) in [4.78, 5) is 49.1. The van der Waals surface area contributed by atoms with E-state index >= 15 is 0 Å². The first-order valence-corrected chi connectivity index (χ1v) is 15.3. The summed E-state index contributed by atoms with van der Waals surface area (Å²) >= 11 is 9.50. The number of nitrogens with one attached hydrogen (secondary N) is 3. The number of carbonyl (C=O) groups excluding carboxylic acids is 4. The standard InChI is InChI=1S/C12H13BrN2O2.C12H11BrN2O2.C4H2BrNO2/c2*13-9-3-1-8(2-4-9)10-11(16)15-12(14-10)5-6-17-7-12;5-6-3(7)1-2-4(6)8/h1-4,10,14H,5-7H2,(H,15,16);1-4H,5-7H2,(H,15,16);1-2H. The van der Waals surface area contributed by atoms with Gasteiger partial charge in [0.1, 0.15) is 17.4 Å². The Bertz CT molecular complexity index is 1420. The summed E-state index contributed by atoms with van der Waals surface area (Å²) in [7, 11) is 0. The third-order valence-corrected chi connectivity index (χ3v) is 8.79. The molecule has 2 spiro atoms. The first-order chi connectivity index (χ1) is 20.1. The molecule has 7 rings (SSSR count). The van der Waals surface area contributed by atoms with E-state index in [-0.39, 0.29) is 35.3 Å². The molecule has 2 aromatic rings. The van der Waals surface area contributed by atoms with Crippen molar-refractivity contribution >= 4 is 77.3 Å². The van der Waals surface area contributed by atoms with E-state index in [0.717, 1.165) is 36.8 Å². The normalized spacial score (nSPS) is 27.5. The zero-order valence-corrected chi connectivity index (χ0v) is 26.8. The fourth-order valence-electron chi connectivity index (χ4n) is 4.84. The molecule has 14 heteroatoms. The zero-order valence-electron chi connectivity index (χ0n) is 22.1. The van der Waals surface area contributed by atoms with Crippen LogP contribution in [0.4, 0.5) is 0 Å². The summed E-state index contributed by atoms with van der Waals surface area (Å²) < 4.78 is 13.5. The summed E-state index contributed by atoms with van der Waals surface area (Å²) in [5.74, 6) is -0.736. The van der Waals surface area contributed by atoms with Gasteiger partial charge < -0.3 is 20.1 Å². The molecule has 11 nitrogen and oxygen atoms in total. The number of carbonyl (C=O) groups is 4. The minimum Gasteiger partial charge on any atom is -0.377 e. The van der Waals surface area contributed by atoms with Crippen molar-refractivity contribution in [1.82, 2.24) is 19.9 Å². The topological polar surface area (TPSA) is 138 Å². The van der Waals surface area contributed by atoms with E-state index in [2.05, 4.69) is 68.9 Å². The van der Waals surface area contributed by atoms with Gasteiger partial charge in [-0.25, -0.2) is 8.92 Å². The fraction of sp³-hybridized carbons (Fsp3) is 0.321. The molecule has 5 aliphatic rings. The molecule has 3 fully saturated rings. The molecule has 0 saturated carbocycles. The Morgan fingerprint density at radius 3 is 1.93 bits per heavy atom. The number of aliphatic imine (C=N–C) groups is 1. The molecule has 0 aliphatic carbocycles. The number of ether oxygens (including phenoxy) is 2. The molecular formula is C28H26Br3N5O6. The van der Waals surface area contributed by atoms with Crippen LogP contribution in [-0.2, 0) is 28.7 Å². The van der Waals surface area contributed by atoms with Crippen molar-refractivity contribution in [3.8, 4) is 0 Å². The van der Waals surface area contributed by atoms with Crippen LogP contribution in [0.15, 0.2) is 74.6 Å². The van der Waals surface area contributed by atoms with Crippen LogP contribution in [0.1, 0.15) is 30.0 Å². The number of hydrogen-bond acceptors (Lipinski definition) is 8. The van der Waals surface area contributed by atoms with Gasteiger partial charge in [-0.1, -0.05) is 56.1 Å². The first-order valence-electron chi connectivity index (χ1n) is 13.0. The van der Waals surface area contributed by atoms with Gasteiger partial charge >= 0.3 is 0 Å². The molecule has 3 atom stereocenters. The maximum Gasteiger partial charge on any atom is 0.272 e. The van der Waals surface area contributed by atoms with Crippen LogP contribution in [0.2, 0.25) is 0 Å². The van der Waals surface area contributed by atoms with Crippen LogP contribution < -0.4 is 16.0 Å². The maximum atomic E-state index is 12.0. The minimum atomic E-state index is -0.514. The Balaban J connectivity index is 0.000000135. The number of rotatable bonds is 2. The molecule has 4 amide bonds. The first kappa shape index (κ1) is 30.7. The lowest BCUT2D eigenvalue weighted by molar-refractivity contribution is -0.130. The van der Waals surface area contributed by atoms with E-state index in [1.807, 2.05) is 48.5 Å². The van der Waals surface area contributed by atoms with Crippen molar-refractivity contribution in [2.45, 2.75) is 30.2 Å². The monoisotopic (exact) mass is 765 g/mol. The second kappa shape index (κ2) is 12.9. The molecule has 3 N–H and O–H groups in total. The van der Waals surface area contributed by atoms with Crippen LogP contribution in [0, 0.1) is 0 Å². The second-order valence-corrected chi connectivity index (χ2v) is 12.6. The van der Waals surface area contributed by atoms with E-state index in [4.69, 9.17) is 9.47 Å². The number of nitrogens with zero attached hydrogens (tertiary/aromatic N) is 2. The summed E-state index contributed by atoms with van der Waals surface area (Å²) in [6, 6.07) is 15.1. The summed E-state index contributed by atoms with van der Waals surface area (Å²) in [5, 5.41) is 9.27. The molecule has 5 aliphatic heterocycles. The fourth-order valence-corrected chi connectivity index (χ4v) is 5.61. The molecule has 42 heavy (non-hydrogen) atoms. The van der Waals surface area contributed by atoms with Crippen molar-refractivity contribution in [3.63, 3.8) is 0 Å². The van der Waals surface area contributed by atoms with E-state index in [9.17, 15) is 19.2 Å². The van der Waals surface area contributed by atoms with E-state index in [1.165, 1.54) is 12.2 Å². The number of hydrogen-bond donors (Lipinski definition) is 3. The van der Waals surface area contributed by atoms with Crippen molar-refractivity contribution in [2.75, 3.05) is 26.4 Å². The van der Waals surface area contributed by atoms with Gasteiger partial charge in [-0.05, 0) is 29.8 Å². The van der Waals surface area contributed by atoms with Crippen molar-refractivity contribution in [1.29, 1.82) is 0 Å². The molecule has 3 unspecified atom stereocenters. The molecular weight excluding hydrogens is 742 g/mol. The molecule has 5 heterocycles. The number of benzene rings is 2. The van der Waals surface area contributed by atoms with Gasteiger partial charge in [-0.15, -0.1) is 0 Å².